The van der Waals surface area contributed by atoms with Gasteiger partial charge in [-0.2, -0.15) is 0 Å². The number of hydrogen-bond acceptors (Lipinski definition) is 4. The average molecular weight is 274 g/mol. The van der Waals surface area contributed by atoms with Gasteiger partial charge >= 0.3 is 0 Å². The summed E-state index contributed by atoms with van der Waals surface area (Å²) in [7, 11) is -3.21. The zero-order valence-electron chi connectivity index (χ0n) is 10.7. The van der Waals surface area contributed by atoms with E-state index in [0.717, 1.165) is 19.4 Å². The van der Waals surface area contributed by atoms with Crippen LogP contribution in [0.4, 0.5) is 0 Å². The molecular formula is C12H22N2O3S. The van der Waals surface area contributed by atoms with Crippen LogP contribution in [0.15, 0.2) is 0 Å². The van der Waals surface area contributed by atoms with E-state index in [2.05, 4.69) is 10.6 Å². The van der Waals surface area contributed by atoms with E-state index in [1.165, 1.54) is 12.8 Å². The molecule has 0 aromatic carbocycles. The smallest absolute Gasteiger partial charge is 0.238 e. The summed E-state index contributed by atoms with van der Waals surface area (Å²) in [6, 6.07) is 0.300. The van der Waals surface area contributed by atoms with Crippen LogP contribution in [-0.2, 0) is 14.6 Å². The zero-order chi connectivity index (χ0) is 13.0. The van der Waals surface area contributed by atoms with Crippen LogP contribution < -0.4 is 10.6 Å². The van der Waals surface area contributed by atoms with E-state index in [4.69, 9.17) is 0 Å². The summed E-state index contributed by atoms with van der Waals surface area (Å²) >= 11 is 0. The molecule has 1 amide bonds. The van der Waals surface area contributed by atoms with Gasteiger partial charge < -0.3 is 10.6 Å². The highest BCUT2D eigenvalue weighted by Crippen LogP contribution is 2.19. The predicted molar refractivity (Wildman–Crippen MR) is 70.1 cm³/mol. The molecule has 104 valence electrons. The summed E-state index contributed by atoms with van der Waals surface area (Å²) in [5.74, 6) is -0.144. The molecule has 2 aliphatic heterocycles. The Kier molecular flexibility index (Phi) is 4.61. The number of sulfone groups is 1. The molecule has 2 saturated heterocycles. The van der Waals surface area contributed by atoms with Crippen LogP contribution in [0.2, 0.25) is 0 Å². The van der Waals surface area contributed by atoms with Gasteiger partial charge in [-0.25, -0.2) is 8.42 Å². The molecule has 5 nitrogen and oxygen atoms in total. The van der Waals surface area contributed by atoms with Crippen LogP contribution in [0.3, 0.4) is 0 Å². The summed E-state index contributed by atoms with van der Waals surface area (Å²) < 4.78 is 23.6. The van der Waals surface area contributed by atoms with Crippen molar-refractivity contribution in [2.45, 2.75) is 49.8 Å². The lowest BCUT2D eigenvalue weighted by molar-refractivity contribution is -0.121. The molecule has 2 atom stereocenters. The molecule has 18 heavy (non-hydrogen) atoms. The number of piperidine rings is 1. The Bertz CT molecular complexity index is 388. The minimum Gasteiger partial charge on any atom is -0.353 e. The summed E-state index contributed by atoms with van der Waals surface area (Å²) in [6.45, 7) is 1.53. The Morgan fingerprint density at radius 3 is 2.61 bits per heavy atom. The lowest BCUT2D eigenvalue weighted by Gasteiger charge is -2.26. The van der Waals surface area contributed by atoms with Gasteiger partial charge in [0.15, 0.2) is 9.84 Å². The van der Waals surface area contributed by atoms with Gasteiger partial charge in [-0.15, -0.1) is 0 Å². The van der Waals surface area contributed by atoms with Gasteiger partial charge in [0.2, 0.25) is 5.91 Å². The van der Waals surface area contributed by atoms with Gasteiger partial charge in [-0.1, -0.05) is 12.8 Å². The van der Waals surface area contributed by atoms with Gasteiger partial charge in [0.1, 0.15) is 5.25 Å². The number of carbonyl (C=O) groups is 1. The van der Waals surface area contributed by atoms with Gasteiger partial charge in [0.05, 0.1) is 5.75 Å². The van der Waals surface area contributed by atoms with Crippen molar-refractivity contribution in [2.75, 3.05) is 18.8 Å². The van der Waals surface area contributed by atoms with E-state index in [0.29, 0.717) is 25.4 Å². The molecule has 2 N–H and O–H groups in total. The van der Waals surface area contributed by atoms with E-state index < -0.39 is 15.1 Å². The van der Waals surface area contributed by atoms with Crippen molar-refractivity contribution in [1.82, 2.24) is 10.6 Å². The topological polar surface area (TPSA) is 75.3 Å². The largest absolute Gasteiger partial charge is 0.353 e. The molecule has 2 rings (SSSR count). The minimum absolute atomic E-state index is 0.159. The van der Waals surface area contributed by atoms with Crippen LogP contribution >= 0.6 is 0 Å². The fourth-order valence-corrected chi connectivity index (χ4v) is 4.51. The Morgan fingerprint density at radius 1 is 1.17 bits per heavy atom. The van der Waals surface area contributed by atoms with E-state index in [1.807, 2.05) is 0 Å². The summed E-state index contributed by atoms with van der Waals surface area (Å²) in [4.78, 5) is 11.9. The molecule has 2 unspecified atom stereocenters. The molecule has 6 heteroatoms. The first kappa shape index (κ1) is 13.8. The maximum Gasteiger partial charge on any atom is 0.238 e. The van der Waals surface area contributed by atoms with Crippen molar-refractivity contribution in [2.24, 2.45) is 0 Å². The monoisotopic (exact) mass is 274 g/mol. The second-order valence-electron chi connectivity index (χ2n) is 5.24. The first-order valence-corrected chi connectivity index (χ1v) is 8.54. The summed E-state index contributed by atoms with van der Waals surface area (Å²) in [5, 5.41) is 5.32. The third-order valence-electron chi connectivity index (χ3n) is 3.81. The molecule has 0 aromatic heterocycles. The second kappa shape index (κ2) is 6.02. The summed E-state index contributed by atoms with van der Waals surface area (Å²) in [5.41, 5.74) is 0. The SMILES string of the molecule is O=C(NCC1CCCCN1)C1CCCCS1(=O)=O. The first-order valence-electron chi connectivity index (χ1n) is 6.82. The van der Waals surface area contributed by atoms with E-state index in [1.54, 1.807) is 0 Å². The number of rotatable bonds is 3. The lowest BCUT2D eigenvalue weighted by Crippen LogP contribution is -2.48. The maximum atomic E-state index is 11.9. The Morgan fingerprint density at radius 2 is 1.94 bits per heavy atom. The number of nitrogens with one attached hydrogen (secondary N) is 2. The third-order valence-corrected chi connectivity index (χ3v) is 5.98. The van der Waals surface area contributed by atoms with Crippen LogP contribution in [-0.4, -0.2) is 44.5 Å². The van der Waals surface area contributed by atoms with Crippen LogP contribution in [0, 0.1) is 0 Å². The molecule has 0 aromatic rings. The van der Waals surface area contributed by atoms with Crippen molar-refractivity contribution in [1.29, 1.82) is 0 Å². The number of carbonyl (C=O) groups excluding carboxylic acids is 1. The van der Waals surface area contributed by atoms with Gasteiger partial charge in [0, 0.05) is 12.6 Å². The predicted octanol–water partition coefficient (Wildman–Crippen LogP) is 0.212. The highest BCUT2D eigenvalue weighted by atomic mass is 32.2. The molecule has 2 fully saturated rings. The van der Waals surface area contributed by atoms with Gasteiger partial charge in [0.25, 0.3) is 0 Å². The number of hydrogen-bond donors (Lipinski definition) is 2. The van der Waals surface area contributed by atoms with E-state index in [9.17, 15) is 13.2 Å². The van der Waals surface area contributed by atoms with Crippen LogP contribution in [0.1, 0.15) is 38.5 Å². The van der Waals surface area contributed by atoms with Crippen molar-refractivity contribution in [3.63, 3.8) is 0 Å². The fourth-order valence-electron chi connectivity index (χ4n) is 2.68. The fraction of sp³-hybridized carbons (Fsp3) is 0.917. The van der Waals surface area contributed by atoms with Crippen LogP contribution in [0.5, 0.6) is 0 Å². The lowest BCUT2D eigenvalue weighted by atomic mass is 10.1. The number of amides is 1. The Labute approximate surface area is 109 Å². The average Bonchev–Trinajstić information content (AvgIpc) is 2.37. The molecule has 0 saturated carbocycles. The standard InChI is InChI=1S/C12H22N2O3S/c15-12(11-6-2-4-8-18(11,16)17)14-9-10-5-1-3-7-13-10/h10-11,13H,1-9H2,(H,14,15). The van der Waals surface area contributed by atoms with Gasteiger partial charge in [-0.05, 0) is 32.2 Å². The molecule has 2 heterocycles. The molecule has 0 aliphatic carbocycles. The second-order valence-corrected chi connectivity index (χ2v) is 7.55. The molecule has 0 bridgehead atoms. The molecule has 0 radical (unpaired) electrons. The molecular weight excluding hydrogens is 252 g/mol. The minimum atomic E-state index is -3.21. The molecule has 2 aliphatic rings. The zero-order valence-corrected chi connectivity index (χ0v) is 11.5. The van der Waals surface area contributed by atoms with E-state index >= 15 is 0 Å². The third kappa shape index (κ3) is 3.45. The van der Waals surface area contributed by atoms with Gasteiger partial charge in [-0.3, -0.25) is 4.79 Å². The normalized spacial score (nSPS) is 31.8. The van der Waals surface area contributed by atoms with Crippen molar-refractivity contribution in [3.8, 4) is 0 Å². The first-order chi connectivity index (χ1) is 8.59. The Hall–Kier alpha value is -0.620. The van der Waals surface area contributed by atoms with E-state index in [-0.39, 0.29) is 11.7 Å². The highest BCUT2D eigenvalue weighted by molar-refractivity contribution is 7.92. The quantitative estimate of drug-likeness (QED) is 0.771. The van der Waals surface area contributed by atoms with Crippen LogP contribution in [0.25, 0.3) is 0 Å². The van der Waals surface area contributed by atoms with Crippen molar-refractivity contribution >= 4 is 15.7 Å². The Balaban J connectivity index is 1.83. The summed E-state index contributed by atoms with van der Waals surface area (Å²) in [6.07, 6.45) is 5.41. The van der Waals surface area contributed by atoms with Crippen molar-refractivity contribution < 1.29 is 13.2 Å². The molecule has 0 spiro atoms. The maximum absolute atomic E-state index is 11.9. The highest BCUT2D eigenvalue weighted by Gasteiger charge is 2.34. The van der Waals surface area contributed by atoms with Crippen molar-refractivity contribution in [3.05, 3.63) is 0 Å².